The van der Waals surface area contributed by atoms with Crippen LogP contribution in [0.25, 0.3) is 0 Å². The molecule has 8 heteroatoms. The first kappa shape index (κ1) is 34.0. The molecule has 0 heterocycles. The number of carbonyl (C=O) groups excluding carboxylic acids is 3. The minimum absolute atomic E-state index is 0.00656. The van der Waals surface area contributed by atoms with Crippen molar-refractivity contribution in [2.24, 2.45) is 28.6 Å². The molecule has 0 aliphatic heterocycles. The summed E-state index contributed by atoms with van der Waals surface area (Å²) in [6, 6.07) is 7.38. The molecule has 3 fully saturated rings. The van der Waals surface area contributed by atoms with Gasteiger partial charge < -0.3 is 19.8 Å². The van der Waals surface area contributed by atoms with Crippen molar-refractivity contribution < 1.29 is 29.3 Å². The Kier molecular flexibility index (Phi) is 10.1. The Balaban J connectivity index is 1.23. The van der Waals surface area contributed by atoms with Gasteiger partial charge in [0, 0.05) is 31.5 Å². The lowest BCUT2D eigenvalue weighted by molar-refractivity contribution is -0.182. The lowest BCUT2D eigenvalue weighted by atomic mass is 9.45. The fourth-order valence-electron chi connectivity index (χ4n) is 9.71. The highest BCUT2D eigenvalue weighted by Gasteiger charge is 2.68. The number of benzene rings is 1. The fraction of sp³-hybridized carbons (Fsp3) is 0.703. The SMILES string of the molecule is CCN(CC)CCN(CC)Cc1cccc(C(=O)OCC(=O)[C@@]2(O)CC[C@H]3[C@@H]4CCC5=CC(=O)CC[C@]5(C)[C@H]4[C@@H](O)C[C@@]32C)c1. The number of Topliss-reactive ketones (excluding diaryl/α,β-unsaturated/α-hetero) is 1. The van der Waals surface area contributed by atoms with Gasteiger partial charge in [-0.15, -0.1) is 0 Å². The summed E-state index contributed by atoms with van der Waals surface area (Å²) in [5, 5.41) is 23.6. The maximum Gasteiger partial charge on any atom is 0.338 e. The number of hydrogen-bond acceptors (Lipinski definition) is 8. The Morgan fingerprint density at radius 1 is 1.00 bits per heavy atom. The van der Waals surface area contributed by atoms with E-state index < -0.39 is 35.5 Å². The van der Waals surface area contributed by atoms with Gasteiger partial charge >= 0.3 is 5.97 Å². The normalized spacial score (nSPS) is 34.2. The Morgan fingerprint density at radius 2 is 1.71 bits per heavy atom. The topological polar surface area (TPSA) is 107 Å². The van der Waals surface area contributed by atoms with Gasteiger partial charge in [0.2, 0.25) is 5.78 Å². The number of aliphatic hydroxyl groups excluding tert-OH is 1. The molecule has 2 N–H and O–H groups in total. The lowest BCUT2D eigenvalue weighted by Gasteiger charge is -2.60. The van der Waals surface area contributed by atoms with E-state index in [1.54, 1.807) is 6.07 Å². The molecule has 248 valence electrons. The van der Waals surface area contributed by atoms with Crippen molar-refractivity contribution in [3.05, 3.63) is 47.0 Å². The predicted octanol–water partition coefficient (Wildman–Crippen LogP) is 4.81. The summed E-state index contributed by atoms with van der Waals surface area (Å²) in [6.07, 6.45) is 5.34. The average molecular weight is 623 g/mol. The molecule has 3 saturated carbocycles. The summed E-state index contributed by atoms with van der Waals surface area (Å²) < 4.78 is 5.55. The monoisotopic (exact) mass is 622 g/mol. The zero-order valence-electron chi connectivity index (χ0n) is 28.0. The number of ketones is 2. The molecule has 0 amide bonds. The second kappa shape index (κ2) is 13.4. The zero-order chi connectivity index (χ0) is 32.6. The largest absolute Gasteiger partial charge is 0.454 e. The smallest absolute Gasteiger partial charge is 0.338 e. The highest BCUT2D eigenvalue weighted by molar-refractivity contribution is 5.94. The van der Waals surface area contributed by atoms with Gasteiger partial charge in [0.1, 0.15) is 5.60 Å². The summed E-state index contributed by atoms with van der Waals surface area (Å²) >= 11 is 0. The van der Waals surface area contributed by atoms with E-state index in [-0.39, 0.29) is 29.0 Å². The molecule has 8 nitrogen and oxygen atoms in total. The second-order valence-corrected chi connectivity index (χ2v) is 14.6. The van der Waals surface area contributed by atoms with Crippen LogP contribution >= 0.6 is 0 Å². The third kappa shape index (κ3) is 6.20. The van der Waals surface area contributed by atoms with E-state index in [1.165, 1.54) is 0 Å². The van der Waals surface area contributed by atoms with E-state index >= 15 is 0 Å². The van der Waals surface area contributed by atoms with Crippen LogP contribution in [0.2, 0.25) is 0 Å². The number of likely N-dealkylation sites (N-methyl/N-ethyl adjacent to an activating group) is 2. The first-order valence-corrected chi connectivity index (χ1v) is 17.3. The van der Waals surface area contributed by atoms with E-state index in [2.05, 4.69) is 37.5 Å². The molecular weight excluding hydrogens is 568 g/mol. The van der Waals surface area contributed by atoms with Gasteiger partial charge in [0.05, 0.1) is 11.7 Å². The first-order chi connectivity index (χ1) is 21.4. The number of aliphatic hydroxyl groups is 2. The van der Waals surface area contributed by atoms with Gasteiger partial charge in [-0.25, -0.2) is 4.79 Å². The molecule has 4 aliphatic carbocycles. The molecule has 0 unspecified atom stereocenters. The van der Waals surface area contributed by atoms with Gasteiger partial charge in [-0.2, -0.15) is 0 Å². The predicted molar refractivity (Wildman–Crippen MR) is 174 cm³/mol. The average Bonchev–Trinajstić information content (AvgIpc) is 3.30. The van der Waals surface area contributed by atoms with Crippen LogP contribution in [0, 0.1) is 28.6 Å². The highest BCUT2D eigenvalue weighted by atomic mass is 16.5. The van der Waals surface area contributed by atoms with Crippen LogP contribution in [0.5, 0.6) is 0 Å². The number of carbonyl (C=O) groups is 3. The molecule has 0 bridgehead atoms. The van der Waals surface area contributed by atoms with Gasteiger partial charge in [0.15, 0.2) is 12.4 Å². The highest BCUT2D eigenvalue weighted by Crippen LogP contribution is 2.67. The number of nitrogens with zero attached hydrogens (tertiary/aromatic N) is 2. The van der Waals surface area contributed by atoms with Crippen molar-refractivity contribution in [2.45, 2.75) is 97.8 Å². The third-order valence-corrected chi connectivity index (χ3v) is 12.5. The van der Waals surface area contributed by atoms with Gasteiger partial charge in [-0.3, -0.25) is 14.5 Å². The fourth-order valence-corrected chi connectivity index (χ4v) is 9.71. The summed E-state index contributed by atoms with van der Waals surface area (Å²) in [6.45, 7) is 15.7. The molecule has 1 aromatic carbocycles. The van der Waals surface area contributed by atoms with E-state index in [1.807, 2.05) is 31.2 Å². The van der Waals surface area contributed by atoms with Crippen molar-refractivity contribution in [3.8, 4) is 0 Å². The standard InChI is InChI=1S/C37H54N2O6/c1-6-38(7-2)18-19-39(8-3)23-25-10-9-11-26(20-25)34(43)45-24-32(42)37(44)17-15-30-29-13-12-27-21-28(40)14-16-35(27,4)33(29)31(41)22-36(30,37)5/h9-11,20-21,29-31,33,41,44H,6-8,12-19,22-24H2,1-5H3/t29-,30-,31-,33+,35-,36-,37-/m0/s1. The Morgan fingerprint density at radius 3 is 2.42 bits per heavy atom. The molecule has 0 radical (unpaired) electrons. The second-order valence-electron chi connectivity index (χ2n) is 14.6. The quantitative estimate of drug-likeness (QED) is 0.320. The van der Waals surface area contributed by atoms with Crippen molar-refractivity contribution in [1.82, 2.24) is 9.80 Å². The van der Waals surface area contributed by atoms with Crippen molar-refractivity contribution >= 4 is 17.5 Å². The van der Waals surface area contributed by atoms with Crippen LogP contribution < -0.4 is 0 Å². The first-order valence-electron chi connectivity index (χ1n) is 17.3. The van der Waals surface area contributed by atoms with Crippen molar-refractivity contribution in [3.63, 3.8) is 0 Å². The Labute approximate surface area is 269 Å². The number of esters is 1. The third-order valence-electron chi connectivity index (χ3n) is 12.5. The zero-order valence-corrected chi connectivity index (χ0v) is 28.0. The number of rotatable bonds is 12. The van der Waals surface area contributed by atoms with E-state index in [0.717, 1.165) is 63.1 Å². The molecule has 7 atom stereocenters. The molecule has 5 rings (SSSR count). The van der Waals surface area contributed by atoms with E-state index in [4.69, 9.17) is 4.74 Å². The molecule has 0 spiro atoms. The Hall–Kier alpha value is -2.39. The van der Waals surface area contributed by atoms with E-state index in [9.17, 15) is 24.6 Å². The molecule has 4 aliphatic rings. The molecule has 45 heavy (non-hydrogen) atoms. The van der Waals surface area contributed by atoms with Gasteiger partial charge in [0.25, 0.3) is 0 Å². The summed E-state index contributed by atoms with van der Waals surface area (Å²) in [7, 11) is 0. The number of allylic oxidation sites excluding steroid dienone is 1. The molecule has 0 aromatic heterocycles. The van der Waals surface area contributed by atoms with Crippen LogP contribution in [0.3, 0.4) is 0 Å². The van der Waals surface area contributed by atoms with Crippen LogP contribution in [0.15, 0.2) is 35.9 Å². The van der Waals surface area contributed by atoms with Crippen LogP contribution in [0.4, 0.5) is 0 Å². The summed E-state index contributed by atoms with van der Waals surface area (Å²) in [5.74, 6) is -0.640. The minimum Gasteiger partial charge on any atom is -0.454 e. The van der Waals surface area contributed by atoms with Crippen LogP contribution in [-0.4, -0.2) is 88.6 Å². The maximum absolute atomic E-state index is 13.7. The van der Waals surface area contributed by atoms with Gasteiger partial charge in [-0.05, 0) is 105 Å². The van der Waals surface area contributed by atoms with Crippen molar-refractivity contribution in [2.75, 3.05) is 39.3 Å². The minimum atomic E-state index is -1.67. The lowest BCUT2D eigenvalue weighted by Crippen LogP contribution is -2.62. The van der Waals surface area contributed by atoms with Crippen LogP contribution in [-0.2, 0) is 20.9 Å². The van der Waals surface area contributed by atoms with Gasteiger partial charge in [-0.1, -0.05) is 52.3 Å². The Bertz CT molecular complexity index is 1310. The maximum atomic E-state index is 13.7. The molecular formula is C37H54N2O6. The number of hydrogen-bond donors (Lipinski definition) is 2. The number of fused-ring (bicyclic) bond motifs is 5. The van der Waals surface area contributed by atoms with Crippen molar-refractivity contribution in [1.29, 1.82) is 0 Å². The van der Waals surface area contributed by atoms with Crippen LogP contribution in [0.1, 0.15) is 95.5 Å². The molecule has 0 saturated heterocycles. The number of ether oxygens (including phenoxy) is 1. The summed E-state index contributed by atoms with van der Waals surface area (Å²) in [4.78, 5) is 43.8. The molecule has 1 aromatic rings. The van der Waals surface area contributed by atoms with E-state index in [0.29, 0.717) is 37.8 Å². The summed E-state index contributed by atoms with van der Waals surface area (Å²) in [5.41, 5.74) is -0.153.